The zero-order chi connectivity index (χ0) is 22.3. The molecular formula is C23H17ClFN3O2S. The highest BCUT2D eigenvalue weighted by Crippen LogP contribution is 2.20. The van der Waals surface area contributed by atoms with E-state index in [-0.39, 0.29) is 15.7 Å². The maximum absolute atomic E-state index is 13.5. The molecule has 5 nitrogen and oxygen atoms in total. The summed E-state index contributed by atoms with van der Waals surface area (Å²) in [7, 11) is 0. The fourth-order valence-corrected chi connectivity index (χ4v) is 3.71. The van der Waals surface area contributed by atoms with Crippen LogP contribution in [0.15, 0.2) is 59.4 Å². The van der Waals surface area contributed by atoms with Crippen molar-refractivity contribution in [2.45, 2.75) is 13.8 Å². The van der Waals surface area contributed by atoms with Gasteiger partial charge < -0.3 is 10.3 Å². The highest BCUT2D eigenvalue weighted by Gasteiger charge is 2.13. The number of amides is 1. The molecule has 4 aromatic rings. The number of aromatic amines is 1. The molecule has 0 radical (unpaired) electrons. The third kappa shape index (κ3) is 4.02. The van der Waals surface area contributed by atoms with E-state index in [1.807, 2.05) is 32.0 Å². The van der Waals surface area contributed by atoms with Gasteiger partial charge in [-0.25, -0.2) is 4.39 Å². The third-order valence-electron chi connectivity index (χ3n) is 5.09. The molecule has 4 rings (SSSR count). The molecule has 31 heavy (non-hydrogen) atoms. The average Bonchev–Trinajstić information content (AvgIpc) is 2.73. The van der Waals surface area contributed by atoms with Crippen molar-refractivity contribution in [1.82, 2.24) is 9.55 Å². The number of H-pyrrole nitrogens is 1. The predicted molar refractivity (Wildman–Crippen MR) is 124 cm³/mol. The van der Waals surface area contributed by atoms with Crippen LogP contribution < -0.4 is 10.9 Å². The number of carbonyl (C=O) groups is 1. The lowest BCUT2D eigenvalue weighted by Crippen LogP contribution is -2.21. The van der Waals surface area contributed by atoms with Gasteiger partial charge in [0.25, 0.3) is 11.5 Å². The number of fused-ring (bicyclic) bond motifs is 1. The minimum absolute atomic E-state index is 0.104. The van der Waals surface area contributed by atoms with Gasteiger partial charge in [-0.1, -0.05) is 17.7 Å². The van der Waals surface area contributed by atoms with Crippen molar-refractivity contribution in [1.29, 1.82) is 0 Å². The molecule has 0 saturated carbocycles. The Morgan fingerprint density at radius 2 is 1.84 bits per heavy atom. The minimum atomic E-state index is -0.589. The van der Waals surface area contributed by atoms with Crippen molar-refractivity contribution >= 4 is 46.3 Å². The lowest BCUT2D eigenvalue weighted by molar-refractivity contribution is 0.102. The highest BCUT2D eigenvalue weighted by atomic mass is 35.5. The molecule has 0 aliphatic heterocycles. The molecule has 0 bridgehead atoms. The van der Waals surface area contributed by atoms with Crippen LogP contribution in [0.2, 0.25) is 5.02 Å². The van der Waals surface area contributed by atoms with Crippen LogP contribution in [0.3, 0.4) is 0 Å². The quantitative estimate of drug-likeness (QED) is 0.390. The molecule has 2 N–H and O–H groups in total. The predicted octanol–water partition coefficient (Wildman–Crippen LogP) is 5.71. The van der Waals surface area contributed by atoms with Crippen molar-refractivity contribution < 1.29 is 9.18 Å². The molecule has 1 amide bonds. The first kappa shape index (κ1) is 21.0. The van der Waals surface area contributed by atoms with Crippen LogP contribution in [0, 0.1) is 24.4 Å². The van der Waals surface area contributed by atoms with Gasteiger partial charge in [0.2, 0.25) is 0 Å². The molecule has 0 aliphatic carbocycles. The molecule has 156 valence electrons. The molecule has 0 spiro atoms. The summed E-state index contributed by atoms with van der Waals surface area (Å²) in [5, 5.41) is 3.07. The molecule has 1 heterocycles. The number of hydrogen-bond donors (Lipinski definition) is 2. The number of aryl methyl sites for hydroxylation is 2. The monoisotopic (exact) mass is 453 g/mol. The Morgan fingerprint density at radius 3 is 2.55 bits per heavy atom. The summed E-state index contributed by atoms with van der Waals surface area (Å²) in [6, 6.07) is 14.3. The standard InChI is InChI=1S/C23H17ClFN3O2S/c1-12-3-5-15(9-13(12)2)26-21(29)14-4-7-17-20(10-14)27-23(31)28(22(17)30)16-6-8-19(25)18(24)11-16/h3-11H,1-2H3,(H,26,29)(H,27,31). The number of anilines is 1. The number of rotatable bonds is 3. The fourth-order valence-electron chi connectivity index (χ4n) is 3.24. The molecule has 8 heteroatoms. The molecule has 0 aliphatic rings. The van der Waals surface area contributed by atoms with Gasteiger partial charge in [0.15, 0.2) is 4.77 Å². The Hall–Kier alpha value is -3.29. The van der Waals surface area contributed by atoms with Crippen molar-refractivity contribution in [3.8, 4) is 5.69 Å². The number of benzene rings is 3. The van der Waals surface area contributed by atoms with E-state index in [2.05, 4.69) is 10.3 Å². The third-order valence-corrected chi connectivity index (χ3v) is 5.66. The van der Waals surface area contributed by atoms with E-state index in [1.54, 1.807) is 18.2 Å². The van der Waals surface area contributed by atoms with Crippen LogP contribution in [0.4, 0.5) is 10.1 Å². The van der Waals surface area contributed by atoms with Gasteiger partial charge in [-0.05, 0) is 85.7 Å². The van der Waals surface area contributed by atoms with Gasteiger partial charge >= 0.3 is 0 Å². The van der Waals surface area contributed by atoms with Crippen LogP contribution in [0.25, 0.3) is 16.6 Å². The van der Waals surface area contributed by atoms with Crippen molar-refractivity contribution in [2.24, 2.45) is 0 Å². The molecule has 0 saturated heterocycles. The van der Waals surface area contributed by atoms with Crippen molar-refractivity contribution in [3.05, 3.63) is 97.3 Å². The SMILES string of the molecule is Cc1ccc(NC(=O)c2ccc3c(=O)n(-c4ccc(F)c(Cl)c4)c(=S)[nH]c3c2)cc1C. The van der Waals surface area contributed by atoms with Crippen molar-refractivity contribution in [3.63, 3.8) is 0 Å². The van der Waals surface area contributed by atoms with E-state index in [9.17, 15) is 14.0 Å². The molecule has 1 aromatic heterocycles. The van der Waals surface area contributed by atoms with E-state index in [0.717, 1.165) is 11.1 Å². The first-order chi connectivity index (χ1) is 14.7. The number of halogens is 2. The number of aromatic nitrogens is 2. The van der Waals surface area contributed by atoms with Crippen LogP contribution >= 0.6 is 23.8 Å². The van der Waals surface area contributed by atoms with E-state index in [4.69, 9.17) is 23.8 Å². The van der Waals surface area contributed by atoms with Gasteiger partial charge in [0.1, 0.15) is 5.82 Å². The summed E-state index contributed by atoms with van der Waals surface area (Å²) in [6.45, 7) is 3.97. The molecule has 0 unspecified atom stereocenters. The Balaban J connectivity index is 1.74. The van der Waals surface area contributed by atoms with Crippen LogP contribution in [0.1, 0.15) is 21.5 Å². The van der Waals surface area contributed by atoms with E-state index >= 15 is 0 Å². The summed E-state index contributed by atoms with van der Waals surface area (Å²) in [5.41, 5.74) is 3.63. The second kappa shape index (κ2) is 8.09. The topological polar surface area (TPSA) is 66.9 Å². The Morgan fingerprint density at radius 1 is 1.06 bits per heavy atom. The fraction of sp³-hybridized carbons (Fsp3) is 0.0870. The molecule has 3 aromatic carbocycles. The molecular weight excluding hydrogens is 437 g/mol. The van der Waals surface area contributed by atoms with Gasteiger partial charge in [0.05, 0.1) is 21.6 Å². The smallest absolute Gasteiger partial charge is 0.266 e. The van der Waals surface area contributed by atoms with Gasteiger partial charge in [-0.2, -0.15) is 0 Å². The van der Waals surface area contributed by atoms with Crippen molar-refractivity contribution in [2.75, 3.05) is 5.32 Å². The summed E-state index contributed by atoms with van der Waals surface area (Å²) < 4.78 is 14.8. The maximum Gasteiger partial charge on any atom is 0.266 e. The number of nitrogens with one attached hydrogen (secondary N) is 2. The van der Waals surface area contributed by atoms with Crippen LogP contribution in [0.5, 0.6) is 0 Å². The van der Waals surface area contributed by atoms with Crippen LogP contribution in [-0.2, 0) is 0 Å². The average molecular weight is 454 g/mol. The maximum atomic E-state index is 13.5. The largest absolute Gasteiger partial charge is 0.331 e. The zero-order valence-corrected chi connectivity index (χ0v) is 18.2. The molecule has 0 fully saturated rings. The summed E-state index contributed by atoms with van der Waals surface area (Å²) in [5.74, 6) is -0.896. The van der Waals surface area contributed by atoms with E-state index in [1.165, 1.54) is 22.8 Å². The van der Waals surface area contributed by atoms with E-state index in [0.29, 0.717) is 27.8 Å². The molecule has 0 atom stereocenters. The Kier molecular flexibility index (Phi) is 5.47. The van der Waals surface area contributed by atoms with Gasteiger partial charge in [0, 0.05) is 11.3 Å². The Labute approximate surface area is 187 Å². The lowest BCUT2D eigenvalue weighted by atomic mass is 10.1. The normalized spacial score (nSPS) is 11.0. The first-order valence-electron chi connectivity index (χ1n) is 9.38. The summed E-state index contributed by atoms with van der Waals surface area (Å²) in [6.07, 6.45) is 0. The number of nitrogens with zero attached hydrogens (tertiary/aromatic N) is 1. The van der Waals surface area contributed by atoms with Crippen LogP contribution in [-0.4, -0.2) is 15.5 Å². The second-order valence-electron chi connectivity index (χ2n) is 7.18. The first-order valence-corrected chi connectivity index (χ1v) is 10.2. The number of hydrogen-bond acceptors (Lipinski definition) is 3. The number of carbonyl (C=O) groups excluding carboxylic acids is 1. The zero-order valence-electron chi connectivity index (χ0n) is 16.6. The lowest BCUT2D eigenvalue weighted by Gasteiger charge is -2.11. The van der Waals surface area contributed by atoms with Gasteiger partial charge in [-0.15, -0.1) is 0 Å². The van der Waals surface area contributed by atoms with Gasteiger partial charge in [-0.3, -0.25) is 14.2 Å². The highest BCUT2D eigenvalue weighted by molar-refractivity contribution is 7.71. The Bertz CT molecular complexity index is 1480. The second-order valence-corrected chi connectivity index (χ2v) is 7.98. The van der Waals surface area contributed by atoms with E-state index < -0.39 is 11.4 Å². The summed E-state index contributed by atoms with van der Waals surface area (Å²) in [4.78, 5) is 28.7. The minimum Gasteiger partial charge on any atom is -0.331 e. The summed E-state index contributed by atoms with van der Waals surface area (Å²) >= 11 is 11.2.